The van der Waals surface area contributed by atoms with E-state index in [2.05, 4.69) is 0 Å². The molecular weight excluding hydrogens is 320 g/mol. The summed E-state index contributed by atoms with van der Waals surface area (Å²) in [6.07, 6.45) is 0. The second-order valence-electron chi connectivity index (χ2n) is 4.79. The van der Waals surface area contributed by atoms with E-state index in [0.717, 1.165) is 0 Å². The molecule has 1 aromatic heterocycles. The average molecular weight is 333 g/mol. The van der Waals surface area contributed by atoms with Gasteiger partial charge in [0.2, 0.25) is 11.2 Å². The van der Waals surface area contributed by atoms with Gasteiger partial charge in [0.25, 0.3) is 0 Å². The van der Waals surface area contributed by atoms with Crippen molar-refractivity contribution >= 4 is 22.6 Å². The van der Waals surface area contributed by atoms with E-state index in [9.17, 15) is 9.90 Å². The van der Waals surface area contributed by atoms with Crippen molar-refractivity contribution in [1.29, 1.82) is 0 Å². The number of ether oxygens (including phenoxy) is 2. The van der Waals surface area contributed by atoms with Gasteiger partial charge in [-0.05, 0) is 12.1 Å². The number of aromatic hydroxyl groups is 1. The molecule has 0 bridgehead atoms. The van der Waals surface area contributed by atoms with E-state index < -0.39 is 5.43 Å². The number of halogens is 1. The summed E-state index contributed by atoms with van der Waals surface area (Å²) in [4.78, 5) is 12.7. The number of methoxy groups -OCH3 is 2. The highest BCUT2D eigenvalue weighted by molar-refractivity contribution is 6.33. The standard InChI is InChI=1S/C17H13ClO5/c1-21-9-7-12(19)14-13(8-9)23-16(17(22-2)15(14)20)10-5-3-4-6-11(10)18/h3-8,19H,1-2H3. The third kappa shape index (κ3) is 2.49. The maximum Gasteiger partial charge on any atom is 0.239 e. The summed E-state index contributed by atoms with van der Waals surface area (Å²) >= 11 is 6.19. The number of fused-ring (bicyclic) bond motifs is 1. The molecule has 3 rings (SSSR count). The number of phenolic OH excluding ortho intramolecular Hbond substituents is 1. The lowest BCUT2D eigenvalue weighted by molar-refractivity contribution is 0.394. The first-order chi connectivity index (χ1) is 11.1. The lowest BCUT2D eigenvalue weighted by atomic mass is 10.1. The first-order valence-electron chi connectivity index (χ1n) is 6.73. The van der Waals surface area contributed by atoms with E-state index >= 15 is 0 Å². The number of hydrogen-bond donors (Lipinski definition) is 1. The average Bonchev–Trinajstić information content (AvgIpc) is 2.54. The predicted octanol–water partition coefficient (Wildman–Crippen LogP) is 3.84. The highest BCUT2D eigenvalue weighted by Crippen LogP contribution is 2.38. The molecule has 0 unspecified atom stereocenters. The third-order valence-electron chi connectivity index (χ3n) is 3.46. The van der Waals surface area contributed by atoms with Crippen molar-refractivity contribution in [2.45, 2.75) is 0 Å². The summed E-state index contributed by atoms with van der Waals surface area (Å²) in [6.45, 7) is 0. The quantitative estimate of drug-likeness (QED) is 0.789. The van der Waals surface area contributed by atoms with Crippen molar-refractivity contribution in [2.24, 2.45) is 0 Å². The predicted molar refractivity (Wildman–Crippen MR) is 87.7 cm³/mol. The van der Waals surface area contributed by atoms with Crippen molar-refractivity contribution in [3.05, 3.63) is 51.6 Å². The fourth-order valence-electron chi connectivity index (χ4n) is 2.38. The van der Waals surface area contributed by atoms with Crippen molar-refractivity contribution in [3.8, 4) is 28.6 Å². The van der Waals surface area contributed by atoms with E-state index in [4.69, 9.17) is 25.5 Å². The van der Waals surface area contributed by atoms with Gasteiger partial charge in [0.1, 0.15) is 22.5 Å². The maximum absolute atomic E-state index is 12.7. The molecule has 118 valence electrons. The topological polar surface area (TPSA) is 68.9 Å². The highest BCUT2D eigenvalue weighted by atomic mass is 35.5. The van der Waals surface area contributed by atoms with Gasteiger partial charge in [0.15, 0.2) is 5.76 Å². The van der Waals surface area contributed by atoms with Crippen LogP contribution in [0.1, 0.15) is 0 Å². The summed E-state index contributed by atoms with van der Waals surface area (Å²) in [7, 11) is 2.82. The maximum atomic E-state index is 12.7. The van der Waals surface area contributed by atoms with Crippen LogP contribution >= 0.6 is 11.6 Å². The van der Waals surface area contributed by atoms with Crippen molar-refractivity contribution < 1.29 is 19.0 Å². The Bertz CT molecular complexity index is 946. The van der Waals surface area contributed by atoms with Crippen LogP contribution in [0.4, 0.5) is 0 Å². The first kappa shape index (κ1) is 15.2. The molecule has 0 saturated carbocycles. The zero-order valence-corrected chi connectivity index (χ0v) is 13.2. The van der Waals surface area contributed by atoms with Crippen LogP contribution in [0.5, 0.6) is 17.2 Å². The van der Waals surface area contributed by atoms with Gasteiger partial charge in [0, 0.05) is 17.7 Å². The Morgan fingerprint density at radius 3 is 2.52 bits per heavy atom. The fourth-order valence-corrected chi connectivity index (χ4v) is 2.61. The Labute approximate surface area is 136 Å². The summed E-state index contributed by atoms with van der Waals surface area (Å²) in [6, 6.07) is 9.81. The molecule has 0 fully saturated rings. The number of rotatable bonds is 3. The van der Waals surface area contributed by atoms with Crippen LogP contribution in [0.25, 0.3) is 22.3 Å². The van der Waals surface area contributed by atoms with Crippen molar-refractivity contribution in [3.63, 3.8) is 0 Å². The van der Waals surface area contributed by atoms with E-state index in [1.165, 1.54) is 26.4 Å². The molecule has 0 spiro atoms. The van der Waals surface area contributed by atoms with Crippen molar-refractivity contribution in [1.82, 2.24) is 0 Å². The molecule has 0 aliphatic carbocycles. The van der Waals surface area contributed by atoms with Crippen LogP contribution in [0, 0.1) is 0 Å². The minimum atomic E-state index is -0.483. The summed E-state index contributed by atoms with van der Waals surface area (Å²) in [5, 5.41) is 10.5. The highest BCUT2D eigenvalue weighted by Gasteiger charge is 2.21. The second-order valence-corrected chi connectivity index (χ2v) is 5.20. The fraction of sp³-hybridized carbons (Fsp3) is 0.118. The van der Waals surface area contributed by atoms with E-state index in [0.29, 0.717) is 16.3 Å². The molecule has 23 heavy (non-hydrogen) atoms. The third-order valence-corrected chi connectivity index (χ3v) is 3.79. The molecule has 1 heterocycles. The van der Waals surface area contributed by atoms with Gasteiger partial charge < -0.3 is 19.0 Å². The lowest BCUT2D eigenvalue weighted by Crippen LogP contribution is -2.08. The monoisotopic (exact) mass is 332 g/mol. The SMILES string of the molecule is COc1cc(O)c2c(=O)c(OC)c(-c3ccccc3Cl)oc2c1. The Morgan fingerprint density at radius 1 is 1.13 bits per heavy atom. The van der Waals surface area contributed by atoms with Gasteiger partial charge in [-0.1, -0.05) is 23.7 Å². The van der Waals surface area contributed by atoms with Gasteiger partial charge in [-0.15, -0.1) is 0 Å². The van der Waals surface area contributed by atoms with Gasteiger partial charge in [-0.25, -0.2) is 0 Å². The minimum absolute atomic E-state index is 0.0222. The Balaban J connectivity index is 2.43. The number of phenols is 1. The van der Waals surface area contributed by atoms with Crippen LogP contribution in [-0.4, -0.2) is 19.3 Å². The molecular formula is C17H13ClO5. The second kappa shape index (κ2) is 5.85. The molecule has 0 aliphatic heterocycles. The zero-order chi connectivity index (χ0) is 16.6. The molecule has 5 nitrogen and oxygen atoms in total. The minimum Gasteiger partial charge on any atom is -0.507 e. The number of hydrogen-bond acceptors (Lipinski definition) is 5. The van der Waals surface area contributed by atoms with Gasteiger partial charge >= 0.3 is 0 Å². The van der Waals surface area contributed by atoms with E-state index in [1.807, 2.05) is 0 Å². The molecule has 0 saturated heterocycles. The molecule has 2 aromatic carbocycles. The van der Waals surface area contributed by atoms with Crippen LogP contribution in [-0.2, 0) is 0 Å². The zero-order valence-electron chi connectivity index (χ0n) is 12.4. The molecule has 0 aliphatic rings. The molecule has 1 N–H and O–H groups in total. The van der Waals surface area contributed by atoms with E-state index in [-0.39, 0.29) is 28.2 Å². The van der Waals surface area contributed by atoms with Gasteiger partial charge in [-0.2, -0.15) is 0 Å². The van der Waals surface area contributed by atoms with Gasteiger partial charge in [-0.3, -0.25) is 4.79 Å². The van der Waals surface area contributed by atoms with Crippen molar-refractivity contribution in [2.75, 3.05) is 14.2 Å². The Hall–Kier alpha value is -2.66. The van der Waals surface area contributed by atoms with Crippen LogP contribution < -0.4 is 14.9 Å². The number of benzene rings is 2. The molecule has 0 amide bonds. The molecule has 0 radical (unpaired) electrons. The Morgan fingerprint density at radius 2 is 1.87 bits per heavy atom. The molecule has 6 heteroatoms. The lowest BCUT2D eigenvalue weighted by Gasteiger charge is -2.11. The summed E-state index contributed by atoms with van der Waals surface area (Å²) in [5.74, 6) is 0.305. The molecule has 0 atom stereocenters. The summed E-state index contributed by atoms with van der Waals surface area (Å²) < 4.78 is 16.1. The normalized spacial score (nSPS) is 10.7. The first-order valence-corrected chi connectivity index (χ1v) is 7.11. The smallest absolute Gasteiger partial charge is 0.239 e. The van der Waals surface area contributed by atoms with Crippen LogP contribution in [0.3, 0.4) is 0 Å². The molecule has 3 aromatic rings. The summed E-state index contributed by atoms with van der Waals surface area (Å²) in [5.41, 5.74) is 0.221. The largest absolute Gasteiger partial charge is 0.507 e. The van der Waals surface area contributed by atoms with Crippen LogP contribution in [0.15, 0.2) is 45.6 Å². The van der Waals surface area contributed by atoms with Gasteiger partial charge in [0.05, 0.1) is 19.2 Å². The Kier molecular flexibility index (Phi) is 3.88. The van der Waals surface area contributed by atoms with E-state index in [1.54, 1.807) is 24.3 Å². The van der Waals surface area contributed by atoms with Crippen LogP contribution in [0.2, 0.25) is 5.02 Å².